The highest BCUT2D eigenvalue weighted by molar-refractivity contribution is 7.07. The standard InChI is InChI=1S/C16H15NO2S/c18-15-13-6-1-2-7-14(13)16(19)17(15)9-4-3-5-12-8-10-20-11-12/h1-2,6-8,10-11H,3-5,9H2. The molecule has 2 amide bonds. The Labute approximate surface area is 121 Å². The summed E-state index contributed by atoms with van der Waals surface area (Å²) in [6, 6.07) is 9.16. The van der Waals surface area contributed by atoms with Crippen molar-refractivity contribution in [3.05, 3.63) is 57.8 Å². The number of aryl methyl sites for hydroxylation is 1. The molecule has 1 aromatic heterocycles. The van der Waals surface area contributed by atoms with Crippen LogP contribution in [0.15, 0.2) is 41.1 Å². The summed E-state index contributed by atoms with van der Waals surface area (Å²) < 4.78 is 0. The SMILES string of the molecule is O=C1c2ccccc2C(=O)N1CCCCc1ccsc1. The molecule has 0 bridgehead atoms. The third kappa shape index (κ3) is 2.39. The maximum Gasteiger partial charge on any atom is 0.261 e. The van der Waals surface area contributed by atoms with Crippen LogP contribution in [0.3, 0.4) is 0 Å². The summed E-state index contributed by atoms with van der Waals surface area (Å²) in [5.74, 6) is -0.303. The Bertz CT molecular complexity index is 599. The van der Waals surface area contributed by atoms with Crippen molar-refractivity contribution in [1.29, 1.82) is 0 Å². The average molecular weight is 285 g/mol. The highest BCUT2D eigenvalue weighted by atomic mass is 32.1. The second kappa shape index (κ2) is 5.59. The van der Waals surface area contributed by atoms with Crippen LogP contribution in [-0.4, -0.2) is 23.3 Å². The van der Waals surface area contributed by atoms with Crippen LogP contribution in [0, 0.1) is 0 Å². The molecule has 2 heterocycles. The molecule has 1 aliphatic heterocycles. The van der Waals surface area contributed by atoms with Gasteiger partial charge < -0.3 is 0 Å². The Hall–Kier alpha value is -1.94. The minimum atomic E-state index is -0.152. The number of thiophene rings is 1. The Morgan fingerprint density at radius 3 is 2.25 bits per heavy atom. The summed E-state index contributed by atoms with van der Waals surface area (Å²) in [5, 5.41) is 4.21. The highest BCUT2D eigenvalue weighted by Gasteiger charge is 2.34. The van der Waals surface area contributed by atoms with Crippen LogP contribution in [0.1, 0.15) is 39.1 Å². The van der Waals surface area contributed by atoms with Crippen LogP contribution in [-0.2, 0) is 6.42 Å². The van der Waals surface area contributed by atoms with Crippen molar-refractivity contribution in [2.75, 3.05) is 6.54 Å². The summed E-state index contributed by atoms with van der Waals surface area (Å²) in [5.41, 5.74) is 2.41. The van der Waals surface area contributed by atoms with Gasteiger partial charge in [0, 0.05) is 6.54 Å². The normalized spacial score (nSPS) is 13.9. The van der Waals surface area contributed by atoms with Crippen molar-refractivity contribution < 1.29 is 9.59 Å². The Morgan fingerprint density at radius 1 is 0.950 bits per heavy atom. The van der Waals surface area contributed by atoms with E-state index in [1.807, 2.05) is 0 Å². The number of fused-ring (bicyclic) bond motifs is 1. The van der Waals surface area contributed by atoms with E-state index in [1.54, 1.807) is 35.6 Å². The molecule has 0 fully saturated rings. The molecule has 2 aromatic rings. The van der Waals surface area contributed by atoms with Crippen molar-refractivity contribution in [1.82, 2.24) is 4.90 Å². The van der Waals surface area contributed by atoms with Crippen molar-refractivity contribution >= 4 is 23.2 Å². The zero-order valence-electron chi connectivity index (χ0n) is 11.0. The third-order valence-electron chi connectivity index (χ3n) is 3.56. The molecule has 0 saturated carbocycles. The maximum absolute atomic E-state index is 12.1. The molecule has 20 heavy (non-hydrogen) atoms. The molecule has 3 rings (SSSR count). The van der Waals surface area contributed by atoms with Crippen LogP contribution in [0.2, 0.25) is 0 Å². The zero-order chi connectivity index (χ0) is 13.9. The average Bonchev–Trinajstić information content (AvgIpc) is 3.06. The predicted molar refractivity (Wildman–Crippen MR) is 79.1 cm³/mol. The minimum Gasteiger partial charge on any atom is -0.274 e. The van der Waals surface area contributed by atoms with Gasteiger partial charge in [-0.2, -0.15) is 11.3 Å². The van der Waals surface area contributed by atoms with Crippen LogP contribution in [0.5, 0.6) is 0 Å². The predicted octanol–water partition coefficient (Wildman–Crippen LogP) is 3.37. The maximum atomic E-state index is 12.1. The smallest absolute Gasteiger partial charge is 0.261 e. The summed E-state index contributed by atoms with van der Waals surface area (Å²) in [7, 11) is 0. The molecule has 0 spiro atoms. The molecule has 0 aliphatic carbocycles. The van der Waals surface area contributed by atoms with Crippen LogP contribution in [0.25, 0.3) is 0 Å². The first kappa shape index (κ1) is 13.1. The van der Waals surface area contributed by atoms with Crippen LogP contribution in [0.4, 0.5) is 0 Å². The molecule has 4 heteroatoms. The number of hydrogen-bond acceptors (Lipinski definition) is 3. The fourth-order valence-electron chi connectivity index (χ4n) is 2.48. The van der Waals surface area contributed by atoms with Crippen molar-refractivity contribution in [2.45, 2.75) is 19.3 Å². The molecule has 3 nitrogen and oxygen atoms in total. The molecule has 0 saturated heterocycles. The number of hydrogen-bond donors (Lipinski definition) is 0. The lowest BCUT2D eigenvalue weighted by Gasteiger charge is -2.13. The lowest BCUT2D eigenvalue weighted by molar-refractivity contribution is 0.0652. The van der Waals surface area contributed by atoms with Gasteiger partial charge in [0.25, 0.3) is 11.8 Å². The Morgan fingerprint density at radius 2 is 1.65 bits per heavy atom. The van der Waals surface area contributed by atoms with Gasteiger partial charge in [0.15, 0.2) is 0 Å². The van der Waals surface area contributed by atoms with Crippen LogP contribution >= 0.6 is 11.3 Å². The molecular formula is C16H15NO2S. The van der Waals surface area contributed by atoms with Gasteiger partial charge in [-0.05, 0) is 53.8 Å². The fraction of sp³-hybridized carbons (Fsp3) is 0.250. The van der Waals surface area contributed by atoms with Gasteiger partial charge >= 0.3 is 0 Å². The second-order valence-corrected chi connectivity index (χ2v) is 5.68. The first-order chi connectivity index (χ1) is 9.77. The summed E-state index contributed by atoms with van der Waals surface area (Å²) >= 11 is 1.70. The molecule has 0 unspecified atom stereocenters. The first-order valence-electron chi connectivity index (χ1n) is 6.73. The Balaban J connectivity index is 1.57. The lowest BCUT2D eigenvalue weighted by Crippen LogP contribution is -2.30. The minimum absolute atomic E-state index is 0.152. The van der Waals surface area contributed by atoms with Gasteiger partial charge in [-0.25, -0.2) is 0 Å². The van der Waals surface area contributed by atoms with E-state index in [0.717, 1.165) is 19.3 Å². The number of carbonyl (C=O) groups excluding carboxylic acids is 2. The molecule has 1 aliphatic rings. The van der Waals surface area contributed by atoms with E-state index in [4.69, 9.17) is 0 Å². The molecule has 102 valence electrons. The van der Waals surface area contributed by atoms with Gasteiger partial charge in [-0.15, -0.1) is 0 Å². The summed E-state index contributed by atoms with van der Waals surface area (Å²) in [6.45, 7) is 0.510. The first-order valence-corrected chi connectivity index (χ1v) is 7.68. The van der Waals surface area contributed by atoms with Gasteiger partial charge in [0.2, 0.25) is 0 Å². The highest BCUT2D eigenvalue weighted by Crippen LogP contribution is 2.22. The molecule has 0 atom stereocenters. The summed E-state index contributed by atoms with van der Waals surface area (Å²) in [6.07, 6.45) is 2.85. The topological polar surface area (TPSA) is 37.4 Å². The fourth-order valence-corrected chi connectivity index (χ4v) is 3.18. The number of benzene rings is 1. The van der Waals surface area contributed by atoms with Crippen molar-refractivity contribution in [3.63, 3.8) is 0 Å². The quantitative estimate of drug-likeness (QED) is 0.624. The molecule has 0 N–H and O–H groups in total. The van der Waals surface area contributed by atoms with Gasteiger partial charge in [-0.1, -0.05) is 12.1 Å². The number of imide groups is 1. The number of unbranched alkanes of at least 4 members (excludes halogenated alkanes) is 1. The number of rotatable bonds is 5. The second-order valence-electron chi connectivity index (χ2n) is 4.90. The van der Waals surface area contributed by atoms with E-state index in [2.05, 4.69) is 16.8 Å². The lowest BCUT2D eigenvalue weighted by atomic mass is 10.1. The summed E-state index contributed by atoms with van der Waals surface area (Å²) in [4.78, 5) is 25.6. The van der Waals surface area contributed by atoms with Crippen molar-refractivity contribution in [3.8, 4) is 0 Å². The van der Waals surface area contributed by atoms with E-state index in [-0.39, 0.29) is 11.8 Å². The third-order valence-corrected chi connectivity index (χ3v) is 4.29. The van der Waals surface area contributed by atoms with Gasteiger partial charge in [-0.3, -0.25) is 14.5 Å². The van der Waals surface area contributed by atoms with E-state index in [9.17, 15) is 9.59 Å². The molecule has 1 aromatic carbocycles. The monoisotopic (exact) mass is 285 g/mol. The molecule has 0 radical (unpaired) electrons. The van der Waals surface area contributed by atoms with Crippen LogP contribution < -0.4 is 0 Å². The van der Waals surface area contributed by atoms with E-state index >= 15 is 0 Å². The Kier molecular flexibility index (Phi) is 3.65. The van der Waals surface area contributed by atoms with Gasteiger partial charge in [0.1, 0.15) is 0 Å². The number of amides is 2. The number of nitrogens with zero attached hydrogens (tertiary/aromatic N) is 1. The zero-order valence-corrected chi connectivity index (χ0v) is 11.9. The van der Waals surface area contributed by atoms with E-state index in [1.165, 1.54) is 10.5 Å². The van der Waals surface area contributed by atoms with E-state index < -0.39 is 0 Å². The van der Waals surface area contributed by atoms with Crippen molar-refractivity contribution in [2.24, 2.45) is 0 Å². The van der Waals surface area contributed by atoms with Gasteiger partial charge in [0.05, 0.1) is 11.1 Å². The van der Waals surface area contributed by atoms with E-state index in [0.29, 0.717) is 17.7 Å². The number of carbonyl (C=O) groups is 2. The largest absolute Gasteiger partial charge is 0.274 e. The molecular weight excluding hydrogens is 270 g/mol.